The average molecular weight is 418 g/mol. The minimum Gasteiger partial charge on any atom is -0.493 e. The van der Waals surface area contributed by atoms with Crippen molar-refractivity contribution in [2.24, 2.45) is 0 Å². The summed E-state index contributed by atoms with van der Waals surface area (Å²) in [6, 6.07) is 12.3. The van der Waals surface area contributed by atoms with Crippen LogP contribution in [0.1, 0.15) is 26.3 Å². The number of carbonyl (C=O) groups excluding carboxylic acids is 2. The number of para-hydroxylation sites is 1. The fourth-order valence-electron chi connectivity index (χ4n) is 2.38. The number of rotatable bonds is 8. The van der Waals surface area contributed by atoms with Crippen molar-refractivity contribution in [3.05, 3.63) is 59.1 Å². The normalized spacial score (nSPS) is 11.9. The first-order chi connectivity index (χ1) is 13.8. The molecule has 1 atom stereocenters. The number of anilines is 1. The molecule has 1 N–H and O–H groups in total. The lowest BCUT2D eigenvalue weighted by Gasteiger charge is -2.15. The average Bonchev–Trinajstić information content (AvgIpc) is 2.68. The third-order valence-electron chi connectivity index (χ3n) is 3.72. The van der Waals surface area contributed by atoms with Gasteiger partial charge < -0.3 is 19.5 Å². The molecule has 0 aliphatic carbocycles. The fourth-order valence-corrected chi connectivity index (χ4v) is 2.65. The molecule has 2 rings (SSSR count). The van der Waals surface area contributed by atoms with Crippen LogP contribution >= 0.6 is 11.6 Å². The zero-order valence-electron chi connectivity index (χ0n) is 16.8. The number of benzene rings is 2. The summed E-state index contributed by atoms with van der Waals surface area (Å²) >= 11 is 6.27. The topological polar surface area (TPSA) is 73.9 Å². The highest BCUT2D eigenvalue weighted by atomic mass is 35.5. The Hall–Kier alpha value is -2.99. The van der Waals surface area contributed by atoms with Gasteiger partial charge in [-0.25, -0.2) is 4.79 Å². The number of hydrogen-bond donors (Lipinski definition) is 1. The monoisotopic (exact) mass is 417 g/mol. The smallest absolute Gasteiger partial charge is 0.331 e. The second-order valence-corrected chi connectivity index (χ2v) is 6.88. The standard InChI is InChI=1S/C22H24ClNO5/c1-14(2)28-21-18(23)12-16(13-19(21)27-4)10-11-20(25)29-15(3)22(26)24-17-8-6-5-7-9-17/h5-15H,1-4H3,(H,24,26)/b11-10+/t15-/m1/s1. The zero-order valence-corrected chi connectivity index (χ0v) is 17.5. The van der Waals surface area contributed by atoms with E-state index in [1.807, 2.05) is 19.9 Å². The second kappa shape index (κ2) is 10.5. The van der Waals surface area contributed by atoms with Crippen LogP contribution in [0.4, 0.5) is 5.69 Å². The van der Waals surface area contributed by atoms with E-state index in [-0.39, 0.29) is 6.10 Å². The van der Waals surface area contributed by atoms with Gasteiger partial charge in [0.2, 0.25) is 0 Å². The molecule has 0 bridgehead atoms. The number of methoxy groups -OCH3 is 1. The van der Waals surface area contributed by atoms with E-state index in [0.29, 0.717) is 27.8 Å². The molecule has 0 radical (unpaired) electrons. The van der Waals surface area contributed by atoms with E-state index >= 15 is 0 Å². The van der Waals surface area contributed by atoms with Gasteiger partial charge in [0.15, 0.2) is 17.6 Å². The first-order valence-corrected chi connectivity index (χ1v) is 9.46. The molecule has 0 unspecified atom stereocenters. The van der Waals surface area contributed by atoms with E-state index in [1.165, 1.54) is 26.2 Å². The summed E-state index contributed by atoms with van der Waals surface area (Å²) in [6.07, 6.45) is 1.73. The molecule has 0 aromatic heterocycles. The van der Waals surface area contributed by atoms with Gasteiger partial charge in [-0.3, -0.25) is 4.79 Å². The number of amides is 1. The van der Waals surface area contributed by atoms with Gasteiger partial charge in [-0.15, -0.1) is 0 Å². The van der Waals surface area contributed by atoms with Crippen LogP contribution in [0, 0.1) is 0 Å². The van der Waals surface area contributed by atoms with Gasteiger partial charge in [0.25, 0.3) is 5.91 Å². The number of esters is 1. The Bertz CT molecular complexity index is 880. The third kappa shape index (κ3) is 6.84. The first kappa shape index (κ1) is 22.3. The first-order valence-electron chi connectivity index (χ1n) is 9.09. The van der Waals surface area contributed by atoms with E-state index in [4.69, 9.17) is 25.8 Å². The second-order valence-electron chi connectivity index (χ2n) is 6.47. The molecule has 0 aliphatic rings. The predicted octanol–water partition coefficient (Wildman–Crippen LogP) is 4.72. The van der Waals surface area contributed by atoms with E-state index < -0.39 is 18.0 Å². The summed E-state index contributed by atoms with van der Waals surface area (Å²) in [5.74, 6) is -0.180. The Morgan fingerprint density at radius 1 is 1.10 bits per heavy atom. The number of hydrogen-bond acceptors (Lipinski definition) is 5. The highest BCUT2D eigenvalue weighted by Gasteiger charge is 2.17. The van der Waals surface area contributed by atoms with Crippen LogP contribution in [-0.4, -0.2) is 31.2 Å². The fraction of sp³-hybridized carbons (Fsp3) is 0.273. The van der Waals surface area contributed by atoms with Crippen molar-refractivity contribution in [1.29, 1.82) is 0 Å². The Morgan fingerprint density at radius 3 is 2.41 bits per heavy atom. The summed E-state index contributed by atoms with van der Waals surface area (Å²) in [5.41, 5.74) is 1.25. The Balaban J connectivity index is 2.01. The van der Waals surface area contributed by atoms with Crippen molar-refractivity contribution in [1.82, 2.24) is 0 Å². The number of halogens is 1. The Morgan fingerprint density at radius 2 is 1.79 bits per heavy atom. The zero-order chi connectivity index (χ0) is 21.4. The highest BCUT2D eigenvalue weighted by Crippen LogP contribution is 2.37. The van der Waals surface area contributed by atoms with Crippen molar-refractivity contribution >= 4 is 35.2 Å². The van der Waals surface area contributed by atoms with Crippen molar-refractivity contribution < 1.29 is 23.8 Å². The summed E-state index contributed by atoms with van der Waals surface area (Å²) in [5, 5.41) is 3.04. The Kier molecular flexibility index (Phi) is 8.09. The maximum atomic E-state index is 12.1. The predicted molar refractivity (Wildman–Crippen MR) is 113 cm³/mol. The quantitative estimate of drug-likeness (QED) is 0.497. The molecular weight excluding hydrogens is 394 g/mol. The maximum Gasteiger partial charge on any atom is 0.331 e. The molecule has 6 nitrogen and oxygen atoms in total. The molecule has 7 heteroatoms. The molecule has 29 heavy (non-hydrogen) atoms. The van der Waals surface area contributed by atoms with Crippen molar-refractivity contribution in [3.8, 4) is 11.5 Å². The molecule has 154 valence electrons. The lowest BCUT2D eigenvalue weighted by molar-refractivity contribution is -0.148. The molecule has 2 aromatic rings. The molecule has 0 saturated carbocycles. The van der Waals surface area contributed by atoms with Crippen LogP contribution in [0.5, 0.6) is 11.5 Å². The number of carbonyl (C=O) groups is 2. The van der Waals surface area contributed by atoms with Crippen molar-refractivity contribution in [2.75, 3.05) is 12.4 Å². The molecule has 0 fully saturated rings. The summed E-state index contributed by atoms with van der Waals surface area (Å²) < 4.78 is 16.1. The van der Waals surface area contributed by atoms with Gasteiger partial charge in [-0.2, -0.15) is 0 Å². The van der Waals surface area contributed by atoms with Crippen molar-refractivity contribution in [3.63, 3.8) is 0 Å². The van der Waals surface area contributed by atoms with Crippen LogP contribution in [0.15, 0.2) is 48.5 Å². The molecular formula is C22H24ClNO5. The van der Waals surface area contributed by atoms with Gasteiger partial charge in [0.05, 0.1) is 18.2 Å². The largest absolute Gasteiger partial charge is 0.493 e. The van der Waals surface area contributed by atoms with Gasteiger partial charge in [-0.1, -0.05) is 29.8 Å². The van der Waals surface area contributed by atoms with Gasteiger partial charge in [-0.05, 0) is 56.7 Å². The molecule has 0 aliphatic heterocycles. The highest BCUT2D eigenvalue weighted by molar-refractivity contribution is 6.32. The van der Waals surface area contributed by atoms with Gasteiger partial charge in [0, 0.05) is 11.8 Å². The maximum absolute atomic E-state index is 12.1. The van der Waals surface area contributed by atoms with E-state index in [9.17, 15) is 9.59 Å². The van der Waals surface area contributed by atoms with Gasteiger partial charge in [0.1, 0.15) is 0 Å². The third-order valence-corrected chi connectivity index (χ3v) is 4.00. The van der Waals surface area contributed by atoms with Crippen LogP contribution < -0.4 is 14.8 Å². The SMILES string of the molecule is COc1cc(/C=C/C(=O)O[C@H](C)C(=O)Nc2ccccc2)cc(Cl)c1OC(C)C. The molecule has 1 amide bonds. The van der Waals surface area contributed by atoms with Crippen LogP contribution in [0.25, 0.3) is 6.08 Å². The van der Waals surface area contributed by atoms with E-state index in [1.54, 1.807) is 36.4 Å². The van der Waals surface area contributed by atoms with Crippen LogP contribution in [-0.2, 0) is 14.3 Å². The summed E-state index contributed by atoms with van der Waals surface area (Å²) in [7, 11) is 1.51. The minimum absolute atomic E-state index is 0.0683. The lowest BCUT2D eigenvalue weighted by atomic mass is 10.2. The van der Waals surface area contributed by atoms with E-state index in [2.05, 4.69) is 5.32 Å². The molecule has 0 saturated heterocycles. The number of nitrogens with one attached hydrogen (secondary N) is 1. The van der Waals surface area contributed by atoms with Crippen molar-refractivity contribution in [2.45, 2.75) is 33.0 Å². The lowest BCUT2D eigenvalue weighted by Crippen LogP contribution is -2.29. The summed E-state index contributed by atoms with van der Waals surface area (Å²) in [4.78, 5) is 24.2. The Labute approximate surface area is 175 Å². The summed E-state index contributed by atoms with van der Waals surface area (Å²) in [6.45, 7) is 5.27. The van der Waals surface area contributed by atoms with Crippen LogP contribution in [0.2, 0.25) is 5.02 Å². The van der Waals surface area contributed by atoms with Gasteiger partial charge >= 0.3 is 5.97 Å². The molecule has 2 aromatic carbocycles. The minimum atomic E-state index is -0.952. The number of ether oxygens (including phenoxy) is 3. The van der Waals surface area contributed by atoms with Crippen LogP contribution in [0.3, 0.4) is 0 Å². The molecule has 0 spiro atoms. The van der Waals surface area contributed by atoms with E-state index in [0.717, 1.165) is 0 Å². The molecule has 0 heterocycles.